The summed E-state index contributed by atoms with van der Waals surface area (Å²) in [6.45, 7) is 1.20. The number of ether oxygens (including phenoxy) is 1. The van der Waals surface area contributed by atoms with E-state index in [4.69, 9.17) is 4.74 Å². The van der Waals surface area contributed by atoms with Crippen LogP contribution >= 0.6 is 0 Å². The van der Waals surface area contributed by atoms with Gasteiger partial charge in [0, 0.05) is 27.2 Å². The van der Waals surface area contributed by atoms with Crippen LogP contribution in [-0.4, -0.2) is 32.5 Å². The molecular formula is C26H29N3O4. The summed E-state index contributed by atoms with van der Waals surface area (Å²) in [5.41, 5.74) is 4.14. The molecule has 1 heterocycles. The number of benzene rings is 3. The van der Waals surface area contributed by atoms with E-state index in [2.05, 4.69) is 5.32 Å². The lowest BCUT2D eigenvalue weighted by Crippen LogP contribution is -2.21. The Morgan fingerprint density at radius 1 is 0.848 bits per heavy atom. The second kappa shape index (κ2) is 10.0. The number of rotatable bonds is 9. The second-order valence-corrected chi connectivity index (χ2v) is 8.18. The van der Waals surface area contributed by atoms with Crippen molar-refractivity contribution in [2.75, 3.05) is 13.2 Å². The van der Waals surface area contributed by atoms with Crippen molar-refractivity contribution in [1.29, 1.82) is 0 Å². The van der Waals surface area contributed by atoms with Gasteiger partial charge in [0.05, 0.1) is 17.1 Å². The number of hydrogen-bond acceptors (Lipinski definition) is 5. The summed E-state index contributed by atoms with van der Waals surface area (Å²) < 4.78 is 8.92. The minimum Gasteiger partial charge on any atom is -0.491 e. The van der Waals surface area contributed by atoms with E-state index < -0.39 is 12.2 Å². The van der Waals surface area contributed by atoms with Crippen molar-refractivity contribution >= 4 is 11.0 Å². The molecule has 0 bridgehead atoms. The van der Waals surface area contributed by atoms with Crippen LogP contribution in [0, 0.1) is 0 Å². The van der Waals surface area contributed by atoms with Gasteiger partial charge in [-0.1, -0.05) is 48.5 Å². The summed E-state index contributed by atoms with van der Waals surface area (Å²) in [5, 5.41) is 24.1. The van der Waals surface area contributed by atoms with Gasteiger partial charge in [-0.2, -0.15) is 0 Å². The average Bonchev–Trinajstić information content (AvgIpc) is 3.07. The summed E-state index contributed by atoms with van der Waals surface area (Å²) in [7, 11) is 3.45. The number of aliphatic hydroxyl groups is 2. The normalized spacial score (nSPS) is 13.2. The molecule has 0 aliphatic heterocycles. The molecule has 0 aliphatic rings. The highest BCUT2D eigenvalue weighted by Gasteiger charge is 2.13. The fourth-order valence-electron chi connectivity index (χ4n) is 3.85. The Labute approximate surface area is 192 Å². The van der Waals surface area contributed by atoms with Crippen molar-refractivity contribution in [3.05, 3.63) is 100.0 Å². The van der Waals surface area contributed by atoms with Crippen LogP contribution in [0.5, 0.6) is 5.75 Å². The zero-order valence-electron chi connectivity index (χ0n) is 18.8. The van der Waals surface area contributed by atoms with Gasteiger partial charge in [-0.3, -0.25) is 9.13 Å². The first-order valence-corrected chi connectivity index (χ1v) is 10.9. The Morgan fingerprint density at radius 2 is 1.55 bits per heavy atom. The van der Waals surface area contributed by atoms with Gasteiger partial charge in [-0.15, -0.1) is 0 Å². The zero-order valence-corrected chi connectivity index (χ0v) is 18.8. The van der Waals surface area contributed by atoms with E-state index in [0.29, 0.717) is 24.4 Å². The molecule has 0 unspecified atom stereocenters. The van der Waals surface area contributed by atoms with Crippen molar-refractivity contribution in [1.82, 2.24) is 14.5 Å². The monoisotopic (exact) mass is 447 g/mol. The Bertz CT molecular complexity index is 1260. The lowest BCUT2D eigenvalue weighted by atomic mass is 10.1. The molecular weight excluding hydrogens is 418 g/mol. The maximum Gasteiger partial charge on any atom is 0.328 e. The quantitative estimate of drug-likeness (QED) is 0.367. The third kappa shape index (κ3) is 5.17. The van der Waals surface area contributed by atoms with Crippen LogP contribution in [-0.2, 0) is 20.6 Å². The topological polar surface area (TPSA) is 88.7 Å². The van der Waals surface area contributed by atoms with E-state index in [1.807, 2.05) is 72.8 Å². The molecule has 2 atom stereocenters. The Balaban J connectivity index is 1.29. The van der Waals surface area contributed by atoms with Crippen molar-refractivity contribution in [3.63, 3.8) is 0 Å². The molecule has 33 heavy (non-hydrogen) atoms. The highest BCUT2D eigenvalue weighted by Crippen LogP contribution is 2.21. The molecule has 7 nitrogen and oxygen atoms in total. The van der Waals surface area contributed by atoms with Gasteiger partial charge in [-0.05, 0) is 41.0 Å². The fraction of sp³-hybridized carbons (Fsp3) is 0.269. The third-order valence-electron chi connectivity index (χ3n) is 5.86. The lowest BCUT2D eigenvalue weighted by molar-refractivity contribution is 0.108. The van der Waals surface area contributed by atoms with E-state index in [1.54, 1.807) is 23.2 Å². The predicted molar refractivity (Wildman–Crippen MR) is 128 cm³/mol. The Hall–Kier alpha value is -3.39. The number of nitrogens with one attached hydrogen (secondary N) is 1. The van der Waals surface area contributed by atoms with Crippen LogP contribution in [0.1, 0.15) is 28.9 Å². The number of aliphatic hydroxyl groups excluding tert-OH is 2. The van der Waals surface area contributed by atoms with Crippen molar-refractivity contribution in [2.45, 2.75) is 18.8 Å². The minimum absolute atomic E-state index is 0.1000. The van der Waals surface area contributed by atoms with Gasteiger partial charge in [0.1, 0.15) is 18.5 Å². The van der Waals surface area contributed by atoms with Gasteiger partial charge in [-0.25, -0.2) is 4.79 Å². The summed E-state index contributed by atoms with van der Waals surface area (Å²) >= 11 is 0. The lowest BCUT2D eigenvalue weighted by Gasteiger charge is -2.14. The van der Waals surface area contributed by atoms with Crippen LogP contribution in [0.4, 0.5) is 0 Å². The molecule has 3 aromatic carbocycles. The van der Waals surface area contributed by atoms with Gasteiger partial charge in [0.2, 0.25) is 0 Å². The molecule has 0 spiro atoms. The van der Waals surface area contributed by atoms with E-state index in [0.717, 1.165) is 22.2 Å². The smallest absolute Gasteiger partial charge is 0.328 e. The Morgan fingerprint density at radius 3 is 2.27 bits per heavy atom. The largest absolute Gasteiger partial charge is 0.491 e. The molecule has 4 aromatic rings. The molecule has 4 rings (SSSR count). The van der Waals surface area contributed by atoms with E-state index in [9.17, 15) is 15.0 Å². The van der Waals surface area contributed by atoms with Gasteiger partial charge >= 0.3 is 5.69 Å². The highest BCUT2D eigenvalue weighted by molar-refractivity contribution is 5.77. The first-order chi connectivity index (χ1) is 15.9. The maximum absolute atomic E-state index is 12.1. The van der Waals surface area contributed by atoms with Gasteiger partial charge < -0.3 is 20.3 Å². The molecule has 1 aromatic heterocycles. The van der Waals surface area contributed by atoms with Crippen LogP contribution in [0.15, 0.2) is 77.6 Å². The number of imidazole rings is 1. The summed E-state index contributed by atoms with van der Waals surface area (Å²) in [5.74, 6) is 0.662. The summed E-state index contributed by atoms with van der Waals surface area (Å²) in [4.78, 5) is 12.1. The molecule has 0 saturated heterocycles. The molecule has 0 amide bonds. The van der Waals surface area contributed by atoms with Crippen molar-refractivity contribution in [2.24, 2.45) is 14.1 Å². The van der Waals surface area contributed by atoms with E-state index >= 15 is 0 Å². The number of hydrogen-bond donors (Lipinski definition) is 3. The molecule has 0 aliphatic carbocycles. The van der Waals surface area contributed by atoms with E-state index in [1.165, 1.54) is 0 Å². The van der Waals surface area contributed by atoms with E-state index in [-0.39, 0.29) is 12.3 Å². The highest BCUT2D eigenvalue weighted by atomic mass is 16.5. The molecule has 0 fully saturated rings. The van der Waals surface area contributed by atoms with Crippen LogP contribution < -0.4 is 15.7 Å². The number of fused-ring (bicyclic) bond motifs is 1. The standard InChI is InChI=1S/C26H29N3O4/c1-28-22-13-10-20(14-23(22)29(2)26(28)32)25(31)17-33-21-11-8-18(9-12-21)15-27-16-24(30)19-6-4-3-5-7-19/h3-14,24-25,27,30-31H,15-17H2,1-2H3/t24-,25-/m0/s1. The summed E-state index contributed by atoms with van der Waals surface area (Å²) in [6, 6.07) is 22.7. The number of aryl methyl sites for hydroxylation is 2. The molecule has 0 radical (unpaired) electrons. The molecule has 3 N–H and O–H groups in total. The Kier molecular flexibility index (Phi) is 6.93. The maximum atomic E-state index is 12.1. The average molecular weight is 448 g/mol. The first-order valence-electron chi connectivity index (χ1n) is 10.9. The third-order valence-corrected chi connectivity index (χ3v) is 5.86. The minimum atomic E-state index is -0.814. The van der Waals surface area contributed by atoms with Gasteiger partial charge in [0.15, 0.2) is 0 Å². The number of nitrogens with zero attached hydrogens (tertiary/aromatic N) is 2. The van der Waals surface area contributed by atoms with Crippen LogP contribution in [0.25, 0.3) is 11.0 Å². The fourth-order valence-corrected chi connectivity index (χ4v) is 3.85. The summed E-state index contributed by atoms with van der Waals surface area (Å²) in [6.07, 6.45) is -1.36. The molecule has 7 heteroatoms. The molecule has 0 saturated carbocycles. The van der Waals surface area contributed by atoms with Crippen LogP contribution in [0.2, 0.25) is 0 Å². The van der Waals surface area contributed by atoms with Crippen molar-refractivity contribution < 1.29 is 14.9 Å². The zero-order chi connectivity index (χ0) is 23.4. The van der Waals surface area contributed by atoms with Crippen molar-refractivity contribution in [3.8, 4) is 5.75 Å². The van der Waals surface area contributed by atoms with Gasteiger partial charge in [0.25, 0.3) is 0 Å². The SMILES string of the molecule is Cn1c(=O)n(C)c2cc([C@@H](O)COc3ccc(CNC[C@H](O)c4ccccc4)cc3)ccc21. The predicted octanol–water partition coefficient (Wildman–Crippen LogP) is 2.81. The second-order valence-electron chi connectivity index (χ2n) is 8.18. The molecule has 172 valence electrons. The number of aromatic nitrogens is 2. The van der Waals surface area contributed by atoms with Crippen LogP contribution in [0.3, 0.4) is 0 Å². The first kappa shape index (κ1) is 22.8.